The summed E-state index contributed by atoms with van der Waals surface area (Å²) in [6, 6.07) is 4.10. The minimum atomic E-state index is -0.0466. The molecule has 148 valence electrons. The second-order valence-electron chi connectivity index (χ2n) is 7.64. The third-order valence-corrected chi connectivity index (χ3v) is 5.73. The van der Waals surface area contributed by atoms with Crippen LogP contribution in [0.4, 0.5) is 5.13 Å². The summed E-state index contributed by atoms with van der Waals surface area (Å²) in [5.41, 5.74) is 0.931. The van der Waals surface area contributed by atoms with E-state index in [1.165, 1.54) is 0 Å². The highest BCUT2D eigenvalue weighted by Gasteiger charge is 2.22. The smallest absolute Gasteiger partial charge is 0.346 e. The largest absolute Gasteiger partial charge is 0.357 e. The zero-order chi connectivity index (χ0) is 19.5. The fraction of sp³-hybridized carbons (Fsp3) is 0.526. The summed E-state index contributed by atoms with van der Waals surface area (Å²) in [5.74, 6) is 1.43. The number of nitrogens with zero attached hydrogens (tertiary/aromatic N) is 6. The number of pyridine rings is 1. The minimum absolute atomic E-state index is 0.0466. The molecule has 0 aliphatic carbocycles. The van der Waals surface area contributed by atoms with E-state index in [0.29, 0.717) is 19.0 Å². The molecule has 0 fully saturated rings. The Bertz CT molecular complexity index is 976. The first-order valence-electron chi connectivity index (χ1n) is 9.73. The van der Waals surface area contributed by atoms with Crippen LogP contribution in [-0.2, 0) is 25.9 Å². The molecule has 4 heterocycles. The number of anilines is 1. The second kappa shape index (κ2) is 8.22. The lowest BCUT2D eigenvalue weighted by atomic mass is 10.1. The predicted molar refractivity (Wildman–Crippen MR) is 109 cm³/mol. The van der Waals surface area contributed by atoms with Crippen LogP contribution in [0.1, 0.15) is 43.1 Å². The van der Waals surface area contributed by atoms with Gasteiger partial charge in [0, 0.05) is 37.8 Å². The van der Waals surface area contributed by atoms with Gasteiger partial charge in [0.2, 0.25) is 5.13 Å². The van der Waals surface area contributed by atoms with Crippen molar-refractivity contribution in [1.82, 2.24) is 29.5 Å². The third-order valence-electron chi connectivity index (χ3n) is 4.85. The maximum Gasteiger partial charge on any atom is 0.346 e. The summed E-state index contributed by atoms with van der Waals surface area (Å²) in [4.78, 5) is 16.9. The molecule has 0 spiro atoms. The van der Waals surface area contributed by atoms with E-state index in [4.69, 9.17) is 0 Å². The number of nitrogens with one attached hydrogen (secondary N) is 1. The van der Waals surface area contributed by atoms with Crippen molar-refractivity contribution in [3.8, 4) is 0 Å². The molecule has 9 heteroatoms. The standard InChI is InChI=1S/C19H25N7OS/c1-13(2)10-17-22-23-18(28-17)21-15-5-6-16-24-26(19(27)25(16)9-7-15)12-14-4-3-8-20-11-14/h3-4,8,11,13,15H,5-7,9-10,12H2,1-2H3,(H,21,23). The van der Waals surface area contributed by atoms with Crippen LogP contribution in [0.25, 0.3) is 0 Å². The van der Waals surface area contributed by atoms with Crippen molar-refractivity contribution < 1.29 is 0 Å². The van der Waals surface area contributed by atoms with Gasteiger partial charge in [0.1, 0.15) is 10.8 Å². The minimum Gasteiger partial charge on any atom is -0.357 e. The summed E-state index contributed by atoms with van der Waals surface area (Å²) in [7, 11) is 0. The van der Waals surface area contributed by atoms with Crippen molar-refractivity contribution in [3.63, 3.8) is 0 Å². The number of hydrogen-bond acceptors (Lipinski definition) is 7. The molecule has 0 radical (unpaired) electrons. The number of aryl methyl sites for hydroxylation is 1. The van der Waals surface area contributed by atoms with Crippen molar-refractivity contribution >= 4 is 16.5 Å². The van der Waals surface area contributed by atoms with Crippen LogP contribution in [0.3, 0.4) is 0 Å². The Balaban J connectivity index is 1.40. The highest BCUT2D eigenvalue weighted by molar-refractivity contribution is 7.15. The molecule has 4 rings (SSSR count). The van der Waals surface area contributed by atoms with Crippen molar-refractivity contribution in [1.29, 1.82) is 0 Å². The van der Waals surface area contributed by atoms with E-state index in [1.807, 2.05) is 16.7 Å². The quantitative estimate of drug-likeness (QED) is 0.684. The number of rotatable bonds is 6. The van der Waals surface area contributed by atoms with E-state index >= 15 is 0 Å². The Hall–Kier alpha value is -2.55. The van der Waals surface area contributed by atoms with Crippen LogP contribution in [0.2, 0.25) is 0 Å². The Morgan fingerprint density at radius 1 is 1.32 bits per heavy atom. The predicted octanol–water partition coefficient (Wildman–Crippen LogP) is 2.36. The van der Waals surface area contributed by atoms with Gasteiger partial charge >= 0.3 is 5.69 Å². The number of hydrogen-bond donors (Lipinski definition) is 1. The van der Waals surface area contributed by atoms with E-state index in [1.54, 1.807) is 28.4 Å². The molecular weight excluding hydrogens is 374 g/mol. The summed E-state index contributed by atoms with van der Waals surface area (Å²) in [5, 5.41) is 18.5. The van der Waals surface area contributed by atoms with E-state index in [-0.39, 0.29) is 11.7 Å². The van der Waals surface area contributed by atoms with Crippen molar-refractivity contribution in [2.75, 3.05) is 5.32 Å². The maximum atomic E-state index is 12.7. The van der Waals surface area contributed by atoms with Gasteiger partial charge in [-0.15, -0.1) is 10.2 Å². The molecule has 0 saturated heterocycles. The first-order chi connectivity index (χ1) is 13.6. The molecule has 1 atom stereocenters. The molecule has 0 aromatic carbocycles. The van der Waals surface area contributed by atoms with Crippen LogP contribution in [0, 0.1) is 5.92 Å². The fourth-order valence-electron chi connectivity index (χ4n) is 3.46. The molecule has 1 aliphatic heterocycles. The van der Waals surface area contributed by atoms with Gasteiger partial charge in [-0.2, -0.15) is 5.10 Å². The Kier molecular flexibility index (Phi) is 5.52. The molecule has 28 heavy (non-hydrogen) atoms. The Morgan fingerprint density at radius 2 is 2.21 bits per heavy atom. The second-order valence-corrected chi connectivity index (χ2v) is 8.70. The van der Waals surface area contributed by atoms with Gasteiger partial charge in [-0.1, -0.05) is 31.3 Å². The van der Waals surface area contributed by atoms with Crippen LogP contribution >= 0.6 is 11.3 Å². The van der Waals surface area contributed by atoms with Gasteiger partial charge in [-0.25, -0.2) is 9.48 Å². The van der Waals surface area contributed by atoms with Crippen LogP contribution in [0.5, 0.6) is 0 Å². The van der Waals surface area contributed by atoms with Gasteiger partial charge in [0.15, 0.2) is 0 Å². The average Bonchev–Trinajstić information content (AvgIpc) is 3.15. The van der Waals surface area contributed by atoms with Gasteiger partial charge in [0.25, 0.3) is 0 Å². The molecule has 1 unspecified atom stereocenters. The van der Waals surface area contributed by atoms with Crippen molar-refractivity contribution in [2.45, 2.75) is 58.7 Å². The first kappa shape index (κ1) is 18.8. The summed E-state index contributed by atoms with van der Waals surface area (Å²) in [6.45, 7) is 5.49. The SMILES string of the molecule is CC(C)Cc1nnc(NC2CCc3nn(Cc4cccnc4)c(=O)n3CC2)s1. The number of fused-ring (bicyclic) bond motifs is 1. The monoisotopic (exact) mass is 399 g/mol. The third kappa shape index (κ3) is 4.30. The van der Waals surface area contributed by atoms with E-state index in [2.05, 4.69) is 39.4 Å². The topological polar surface area (TPSA) is 90.5 Å². The molecule has 0 bridgehead atoms. The Morgan fingerprint density at radius 3 is 3.00 bits per heavy atom. The Labute approximate surface area is 167 Å². The van der Waals surface area contributed by atoms with Crippen LogP contribution < -0.4 is 11.0 Å². The van der Waals surface area contributed by atoms with Gasteiger partial charge < -0.3 is 5.32 Å². The molecule has 0 amide bonds. The van der Waals surface area contributed by atoms with Gasteiger partial charge in [-0.3, -0.25) is 9.55 Å². The lowest BCUT2D eigenvalue weighted by molar-refractivity contribution is 0.552. The van der Waals surface area contributed by atoms with Crippen molar-refractivity contribution in [3.05, 3.63) is 51.4 Å². The van der Waals surface area contributed by atoms with E-state index in [9.17, 15) is 4.79 Å². The van der Waals surface area contributed by atoms with Crippen molar-refractivity contribution in [2.24, 2.45) is 5.92 Å². The summed E-state index contributed by atoms with van der Waals surface area (Å²) < 4.78 is 3.35. The molecule has 0 saturated carbocycles. The molecule has 1 N–H and O–H groups in total. The maximum absolute atomic E-state index is 12.7. The summed E-state index contributed by atoms with van der Waals surface area (Å²) >= 11 is 1.63. The molecule has 1 aliphatic rings. The average molecular weight is 400 g/mol. The van der Waals surface area contributed by atoms with Crippen LogP contribution in [0.15, 0.2) is 29.3 Å². The summed E-state index contributed by atoms with van der Waals surface area (Å²) in [6.07, 6.45) is 7.01. The zero-order valence-electron chi connectivity index (χ0n) is 16.2. The lowest BCUT2D eigenvalue weighted by Crippen LogP contribution is -2.27. The number of aromatic nitrogens is 6. The normalized spacial score (nSPS) is 16.8. The van der Waals surface area contributed by atoms with E-state index in [0.717, 1.165) is 47.2 Å². The molecule has 8 nitrogen and oxygen atoms in total. The highest BCUT2D eigenvalue weighted by Crippen LogP contribution is 2.22. The van der Waals surface area contributed by atoms with Gasteiger partial charge in [-0.05, 0) is 30.4 Å². The molecule has 3 aromatic heterocycles. The molecule has 3 aromatic rings. The van der Waals surface area contributed by atoms with E-state index < -0.39 is 0 Å². The first-order valence-corrected chi connectivity index (χ1v) is 10.5. The zero-order valence-corrected chi connectivity index (χ0v) is 17.0. The van der Waals surface area contributed by atoms with Gasteiger partial charge in [0.05, 0.1) is 6.54 Å². The molecular formula is C19H25N7OS. The van der Waals surface area contributed by atoms with Crippen LogP contribution in [-0.4, -0.2) is 35.6 Å². The fourth-order valence-corrected chi connectivity index (χ4v) is 4.49. The highest BCUT2D eigenvalue weighted by atomic mass is 32.1. The lowest BCUT2D eigenvalue weighted by Gasteiger charge is -2.14.